The summed E-state index contributed by atoms with van der Waals surface area (Å²) in [5, 5.41) is 5.16. The minimum atomic E-state index is -0.0186. The number of rotatable bonds is 5. The van der Waals surface area contributed by atoms with E-state index >= 15 is 0 Å². The molecule has 20 heavy (non-hydrogen) atoms. The number of thiophene rings is 1. The van der Waals surface area contributed by atoms with Crippen LogP contribution >= 0.6 is 11.3 Å². The smallest absolute Gasteiger partial charge is 0.257 e. The lowest BCUT2D eigenvalue weighted by molar-refractivity contribution is 0.0745. The highest BCUT2D eigenvalue weighted by atomic mass is 32.1. The molecule has 0 saturated carbocycles. The lowest BCUT2D eigenvalue weighted by Crippen LogP contribution is -2.30. The van der Waals surface area contributed by atoms with Crippen molar-refractivity contribution in [2.45, 2.75) is 19.9 Å². The summed E-state index contributed by atoms with van der Waals surface area (Å²) in [6.07, 6.45) is 1.69. The normalized spacial score (nSPS) is 11.9. The summed E-state index contributed by atoms with van der Waals surface area (Å²) in [4.78, 5) is 19.8. The van der Waals surface area contributed by atoms with E-state index in [-0.39, 0.29) is 11.9 Å². The Hall–Kier alpha value is -1.88. The van der Waals surface area contributed by atoms with Crippen LogP contribution in [0, 0.1) is 0 Å². The van der Waals surface area contributed by atoms with Gasteiger partial charge in [0.05, 0.1) is 11.6 Å². The van der Waals surface area contributed by atoms with E-state index < -0.39 is 0 Å². The van der Waals surface area contributed by atoms with E-state index in [0.717, 1.165) is 6.54 Å². The first-order valence-electron chi connectivity index (χ1n) is 6.64. The second-order valence-corrected chi connectivity index (χ2v) is 5.52. The van der Waals surface area contributed by atoms with Crippen molar-refractivity contribution < 1.29 is 4.79 Å². The van der Waals surface area contributed by atoms with Gasteiger partial charge < -0.3 is 10.2 Å². The average Bonchev–Trinajstić information content (AvgIpc) is 3.00. The van der Waals surface area contributed by atoms with E-state index in [4.69, 9.17) is 0 Å². The Morgan fingerprint density at radius 2 is 2.25 bits per heavy atom. The first kappa shape index (κ1) is 14.5. The lowest BCUT2D eigenvalue weighted by Gasteiger charge is -2.25. The molecule has 2 rings (SSSR count). The first-order chi connectivity index (χ1) is 9.65. The number of anilines is 1. The van der Waals surface area contributed by atoms with Crippen LogP contribution in [0.5, 0.6) is 0 Å². The minimum Gasteiger partial charge on any atom is -0.370 e. The zero-order chi connectivity index (χ0) is 14.5. The third-order valence-electron chi connectivity index (χ3n) is 3.24. The van der Waals surface area contributed by atoms with Gasteiger partial charge in [0, 0.05) is 24.7 Å². The van der Waals surface area contributed by atoms with Gasteiger partial charge in [-0.1, -0.05) is 6.07 Å². The molecule has 2 aromatic heterocycles. The van der Waals surface area contributed by atoms with Crippen molar-refractivity contribution in [1.82, 2.24) is 9.88 Å². The molecule has 1 amide bonds. The standard InChI is InChI=1S/C15H19N3OS/c1-4-16-14-12(7-5-9-17-14)15(19)18(3)11(2)13-8-6-10-20-13/h5-11H,4H2,1-3H3,(H,16,17). The number of nitrogens with one attached hydrogen (secondary N) is 1. The van der Waals surface area contributed by atoms with E-state index in [1.54, 1.807) is 28.5 Å². The summed E-state index contributed by atoms with van der Waals surface area (Å²) in [5.41, 5.74) is 0.611. The number of hydrogen-bond acceptors (Lipinski definition) is 4. The molecule has 2 heterocycles. The van der Waals surface area contributed by atoms with Gasteiger partial charge in [-0.05, 0) is 37.4 Å². The maximum absolute atomic E-state index is 12.6. The van der Waals surface area contributed by atoms with E-state index in [2.05, 4.69) is 10.3 Å². The SMILES string of the molecule is CCNc1ncccc1C(=O)N(C)C(C)c1cccs1. The van der Waals surface area contributed by atoms with Crippen molar-refractivity contribution in [3.63, 3.8) is 0 Å². The summed E-state index contributed by atoms with van der Waals surface area (Å²) < 4.78 is 0. The second-order valence-electron chi connectivity index (χ2n) is 4.54. The van der Waals surface area contributed by atoms with Crippen LogP contribution in [0.3, 0.4) is 0 Å². The first-order valence-corrected chi connectivity index (χ1v) is 7.52. The molecule has 5 heteroatoms. The Morgan fingerprint density at radius 1 is 1.45 bits per heavy atom. The van der Waals surface area contributed by atoms with Crippen LogP contribution in [0.4, 0.5) is 5.82 Å². The van der Waals surface area contributed by atoms with Crippen LogP contribution in [0.25, 0.3) is 0 Å². The van der Waals surface area contributed by atoms with Crippen molar-refractivity contribution in [2.75, 3.05) is 18.9 Å². The highest BCUT2D eigenvalue weighted by Gasteiger charge is 2.22. The van der Waals surface area contributed by atoms with Gasteiger partial charge in [-0.15, -0.1) is 11.3 Å². The summed E-state index contributed by atoms with van der Waals surface area (Å²) in [7, 11) is 1.83. The topological polar surface area (TPSA) is 45.2 Å². The molecular weight excluding hydrogens is 270 g/mol. The van der Waals surface area contributed by atoms with Crippen LogP contribution in [0.15, 0.2) is 35.8 Å². The van der Waals surface area contributed by atoms with Crippen LogP contribution in [0.2, 0.25) is 0 Å². The van der Waals surface area contributed by atoms with E-state index in [0.29, 0.717) is 11.4 Å². The lowest BCUT2D eigenvalue weighted by atomic mass is 10.2. The maximum atomic E-state index is 12.6. The number of pyridine rings is 1. The summed E-state index contributed by atoms with van der Waals surface area (Å²) in [6.45, 7) is 4.76. The number of carbonyl (C=O) groups is 1. The van der Waals surface area contributed by atoms with Crippen molar-refractivity contribution in [3.05, 3.63) is 46.3 Å². The molecule has 0 radical (unpaired) electrons. The molecule has 0 bridgehead atoms. The zero-order valence-corrected chi connectivity index (χ0v) is 12.8. The highest BCUT2D eigenvalue weighted by molar-refractivity contribution is 7.10. The molecule has 106 valence electrons. The molecule has 1 unspecified atom stereocenters. The molecule has 4 nitrogen and oxygen atoms in total. The Kier molecular flexibility index (Phi) is 4.74. The Bertz CT molecular complexity index is 568. The zero-order valence-electron chi connectivity index (χ0n) is 12.0. The monoisotopic (exact) mass is 289 g/mol. The number of hydrogen-bond donors (Lipinski definition) is 1. The molecule has 1 atom stereocenters. The third-order valence-corrected chi connectivity index (χ3v) is 4.28. The van der Waals surface area contributed by atoms with Gasteiger partial charge in [-0.3, -0.25) is 4.79 Å². The molecular formula is C15H19N3OS. The average molecular weight is 289 g/mol. The van der Waals surface area contributed by atoms with Crippen molar-refractivity contribution in [2.24, 2.45) is 0 Å². The van der Waals surface area contributed by atoms with E-state index in [1.807, 2.05) is 44.5 Å². The van der Waals surface area contributed by atoms with Gasteiger partial charge >= 0.3 is 0 Å². The molecule has 0 fully saturated rings. The van der Waals surface area contributed by atoms with Crippen LogP contribution in [0.1, 0.15) is 35.1 Å². The number of carbonyl (C=O) groups excluding carboxylic acids is 1. The molecule has 0 saturated heterocycles. The second kappa shape index (κ2) is 6.52. The van der Waals surface area contributed by atoms with Gasteiger partial charge in [0.1, 0.15) is 5.82 Å². The summed E-state index contributed by atoms with van der Waals surface area (Å²) in [5.74, 6) is 0.625. The molecule has 0 aromatic carbocycles. The molecule has 0 aliphatic rings. The predicted octanol–water partition coefficient (Wildman–Crippen LogP) is 3.41. The molecule has 0 spiro atoms. The molecule has 2 aromatic rings. The summed E-state index contributed by atoms with van der Waals surface area (Å²) in [6, 6.07) is 7.70. The van der Waals surface area contributed by atoms with Crippen molar-refractivity contribution >= 4 is 23.1 Å². The largest absolute Gasteiger partial charge is 0.370 e. The van der Waals surface area contributed by atoms with E-state index in [1.165, 1.54) is 4.88 Å². The summed E-state index contributed by atoms with van der Waals surface area (Å²) >= 11 is 1.66. The Balaban J connectivity index is 2.22. The van der Waals surface area contributed by atoms with Crippen LogP contribution < -0.4 is 5.32 Å². The van der Waals surface area contributed by atoms with Crippen LogP contribution in [-0.4, -0.2) is 29.4 Å². The molecule has 0 aliphatic heterocycles. The Labute approximate surface area is 123 Å². The fourth-order valence-corrected chi connectivity index (χ4v) is 2.80. The minimum absolute atomic E-state index is 0.0186. The van der Waals surface area contributed by atoms with Gasteiger partial charge in [-0.25, -0.2) is 4.98 Å². The van der Waals surface area contributed by atoms with Crippen LogP contribution in [-0.2, 0) is 0 Å². The fourth-order valence-electron chi connectivity index (χ4n) is 1.97. The number of aromatic nitrogens is 1. The number of amides is 1. The van der Waals surface area contributed by atoms with Gasteiger partial charge in [0.15, 0.2) is 0 Å². The van der Waals surface area contributed by atoms with Crippen molar-refractivity contribution in [3.8, 4) is 0 Å². The molecule has 1 N–H and O–H groups in total. The predicted molar refractivity (Wildman–Crippen MR) is 83.2 cm³/mol. The van der Waals surface area contributed by atoms with E-state index in [9.17, 15) is 4.79 Å². The number of nitrogens with zero attached hydrogens (tertiary/aromatic N) is 2. The molecule has 0 aliphatic carbocycles. The fraction of sp³-hybridized carbons (Fsp3) is 0.333. The van der Waals surface area contributed by atoms with Gasteiger partial charge in [0.2, 0.25) is 0 Å². The maximum Gasteiger partial charge on any atom is 0.257 e. The Morgan fingerprint density at radius 3 is 2.90 bits per heavy atom. The van der Waals surface area contributed by atoms with Gasteiger partial charge in [0.25, 0.3) is 5.91 Å². The van der Waals surface area contributed by atoms with Crippen molar-refractivity contribution in [1.29, 1.82) is 0 Å². The van der Waals surface area contributed by atoms with Gasteiger partial charge in [-0.2, -0.15) is 0 Å². The third kappa shape index (κ3) is 2.99. The quantitative estimate of drug-likeness (QED) is 0.917. The highest BCUT2D eigenvalue weighted by Crippen LogP contribution is 2.25.